The lowest BCUT2D eigenvalue weighted by Gasteiger charge is -2.26. The van der Waals surface area contributed by atoms with Gasteiger partial charge in [-0.25, -0.2) is 0 Å². The third kappa shape index (κ3) is 3.53. The molecule has 0 spiro atoms. The van der Waals surface area contributed by atoms with Gasteiger partial charge in [-0.05, 0) is 37.3 Å². The molecule has 1 aromatic heterocycles. The van der Waals surface area contributed by atoms with E-state index in [2.05, 4.69) is 5.16 Å². The number of benzene rings is 1. The van der Waals surface area contributed by atoms with E-state index in [1.807, 2.05) is 0 Å². The molecule has 3 N–H and O–H groups in total. The van der Waals surface area contributed by atoms with Crippen LogP contribution in [0.4, 0.5) is 13.2 Å². The first kappa shape index (κ1) is 17.5. The van der Waals surface area contributed by atoms with Crippen molar-refractivity contribution in [2.24, 2.45) is 5.73 Å². The molecule has 25 heavy (non-hydrogen) atoms. The van der Waals surface area contributed by atoms with Gasteiger partial charge in [0.05, 0.1) is 11.7 Å². The Balaban J connectivity index is 2.03. The van der Waals surface area contributed by atoms with Crippen molar-refractivity contribution < 1.29 is 27.6 Å². The van der Waals surface area contributed by atoms with E-state index in [0.29, 0.717) is 30.4 Å². The van der Waals surface area contributed by atoms with Gasteiger partial charge in [0.25, 0.3) is 5.91 Å². The zero-order chi connectivity index (χ0) is 18.2. The summed E-state index contributed by atoms with van der Waals surface area (Å²) in [6.45, 7) is 0. The van der Waals surface area contributed by atoms with Crippen molar-refractivity contribution >= 4 is 5.91 Å². The van der Waals surface area contributed by atoms with Gasteiger partial charge < -0.3 is 15.4 Å². The van der Waals surface area contributed by atoms with Crippen molar-refractivity contribution in [1.29, 1.82) is 0 Å². The Labute approximate surface area is 141 Å². The number of primary amides is 1. The molecule has 1 aliphatic carbocycles. The van der Waals surface area contributed by atoms with Gasteiger partial charge in [-0.1, -0.05) is 23.7 Å². The number of rotatable bonds is 3. The lowest BCUT2D eigenvalue weighted by atomic mass is 9.80. The zero-order valence-corrected chi connectivity index (χ0v) is 13.2. The average molecular weight is 354 g/mol. The Morgan fingerprint density at radius 1 is 1.24 bits per heavy atom. The molecule has 1 saturated carbocycles. The second-order valence-corrected chi connectivity index (χ2v) is 6.23. The van der Waals surface area contributed by atoms with E-state index in [1.165, 1.54) is 12.1 Å². The van der Waals surface area contributed by atoms with Gasteiger partial charge in [-0.2, -0.15) is 13.2 Å². The van der Waals surface area contributed by atoms with Crippen LogP contribution < -0.4 is 5.73 Å². The molecule has 0 radical (unpaired) electrons. The lowest BCUT2D eigenvalue weighted by Crippen LogP contribution is -2.21. The van der Waals surface area contributed by atoms with Crippen LogP contribution >= 0.6 is 0 Å². The quantitative estimate of drug-likeness (QED) is 0.883. The molecule has 1 fully saturated rings. The van der Waals surface area contributed by atoms with Crippen molar-refractivity contribution in [2.75, 3.05) is 0 Å². The second kappa shape index (κ2) is 6.51. The van der Waals surface area contributed by atoms with Crippen LogP contribution in [-0.2, 0) is 6.18 Å². The number of halogens is 3. The molecule has 1 aromatic carbocycles. The van der Waals surface area contributed by atoms with Crippen LogP contribution in [0.5, 0.6) is 0 Å². The highest BCUT2D eigenvalue weighted by molar-refractivity contribution is 5.94. The van der Waals surface area contributed by atoms with Crippen LogP contribution in [0, 0.1) is 0 Å². The Morgan fingerprint density at radius 2 is 1.92 bits per heavy atom. The van der Waals surface area contributed by atoms with Crippen LogP contribution in [0.1, 0.15) is 53.2 Å². The number of aromatic nitrogens is 1. The number of carbonyl (C=O) groups excluding carboxylic acids is 1. The molecule has 8 heteroatoms. The largest absolute Gasteiger partial charge is 0.416 e. The zero-order valence-electron chi connectivity index (χ0n) is 13.2. The van der Waals surface area contributed by atoms with Gasteiger partial charge in [0, 0.05) is 11.1 Å². The number of aliphatic hydroxyl groups is 1. The summed E-state index contributed by atoms with van der Waals surface area (Å²) in [5.41, 5.74) is 5.39. The minimum absolute atomic E-state index is 0.0333. The van der Waals surface area contributed by atoms with E-state index in [-0.39, 0.29) is 17.4 Å². The fraction of sp³-hybridized carbons (Fsp3) is 0.412. The summed E-state index contributed by atoms with van der Waals surface area (Å²) in [6.07, 6.45) is -2.36. The monoisotopic (exact) mass is 354 g/mol. The van der Waals surface area contributed by atoms with E-state index in [0.717, 1.165) is 18.6 Å². The summed E-state index contributed by atoms with van der Waals surface area (Å²) in [5, 5.41) is 13.6. The molecule has 0 bridgehead atoms. The number of hydrogen-bond donors (Lipinski definition) is 2. The third-order valence-electron chi connectivity index (χ3n) is 4.49. The van der Waals surface area contributed by atoms with Crippen molar-refractivity contribution in [3.63, 3.8) is 0 Å². The Morgan fingerprint density at radius 3 is 2.48 bits per heavy atom. The highest BCUT2D eigenvalue weighted by atomic mass is 19.4. The fourth-order valence-electron chi connectivity index (χ4n) is 3.30. The van der Waals surface area contributed by atoms with Gasteiger partial charge >= 0.3 is 6.18 Å². The summed E-state index contributed by atoms with van der Waals surface area (Å²) >= 11 is 0. The van der Waals surface area contributed by atoms with Crippen LogP contribution in [0.25, 0.3) is 11.3 Å². The summed E-state index contributed by atoms with van der Waals surface area (Å²) in [7, 11) is 0. The predicted octanol–water partition coefficient (Wildman–Crippen LogP) is 3.48. The summed E-state index contributed by atoms with van der Waals surface area (Å²) in [4.78, 5) is 11.7. The molecule has 1 aliphatic rings. The topological polar surface area (TPSA) is 89.4 Å². The molecule has 0 saturated heterocycles. The number of alkyl halides is 3. The number of aliphatic hydroxyl groups excluding tert-OH is 1. The maximum atomic E-state index is 12.7. The van der Waals surface area contributed by atoms with Gasteiger partial charge in [0.2, 0.25) is 0 Å². The highest BCUT2D eigenvalue weighted by Crippen LogP contribution is 2.41. The van der Waals surface area contributed by atoms with Crippen molar-refractivity contribution in [3.05, 3.63) is 41.1 Å². The Kier molecular flexibility index (Phi) is 4.55. The average Bonchev–Trinajstić information content (AvgIpc) is 2.99. The van der Waals surface area contributed by atoms with Gasteiger partial charge in [0.1, 0.15) is 0 Å². The lowest BCUT2D eigenvalue weighted by molar-refractivity contribution is -0.137. The number of hydrogen-bond acceptors (Lipinski definition) is 4. The van der Waals surface area contributed by atoms with Crippen LogP contribution in [-0.4, -0.2) is 22.3 Å². The van der Waals surface area contributed by atoms with E-state index >= 15 is 0 Å². The van der Waals surface area contributed by atoms with Gasteiger partial charge in [0.15, 0.2) is 11.5 Å². The summed E-state index contributed by atoms with van der Waals surface area (Å²) < 4.78 is 43.4. The fourth-order valence-corrected chi connectivity index (χ4v) is 3.30. The number of nitrogens with two attached hydrogens (primary N) is 1. The molecule has 0 unspecified atom stereocenters. The predicted molar refractivity (Wildman–Crippen MR) is 82.7 cm³/mol. The number of amides is 1. The molecule has 1 amide bonds. The molecule has 0 aliphatic heterocycles. The SMILES string of the molecule is NC(=O)c1noc(-c2ccc(C(F)(F)F)cc2)c1[C@H]1CCC[C@H](O)C1. The Hall–Kier alpha value is -2.35. The van der Waals surface area contributed by atoms with E-state index in [9.17, 15) is 23.1 Å². The van der Waals surface area contributed by atoms with Crippen LogP contribution in [0.3, 0.4) is 0 Å². The van der Waals surface area contributed by atoms with Gasteiger partial charge in [-0.15, -0.1) is 0 Å². The van der Waals surface area contributed by atoms with E-state index < -0.39 is 23.8 Å². The molecular formula is C17H17F3N2O3. The molecular weight excluding hydrogens is 337 g/mol. The van der Waals surface area contributed by atoms with Crippen LogP contribution in [0.15, 0.2) is 28.8 Å². The van der Waals surface area contributed by atoms with E-state index in [4.69, 9.17) is 10.3 Å². The van der Waals surface area contributed by atoms with Crippen LogP contribution in [0.2, 0.25) is 0 Å². The summed E-state index contributed by atoms with van der Waals surface area (Å²) in [5.74, 6) is -0.728. The minimum atomic E-state index is -4.44. The summed E-state index contributed by atoms with van der Waals surface area (Å²) in [6, 6.07) is 4.44. The highest BCUT2D eigenvalue weighted by Gasteiger charge is 2.33. The second-order valence-electron chi connectivity index (χ2n) is 6.23. The number of carbonyl (C=O) groups is 1. The number of nitrogens with zero attached hydrogens (tertiary/aromatic N) is 1. The van der Waals surface area contributed by atoms with E-state index in [1.54, 1.807) is 0 Å². The standard InChI is InChI=1S/C17H17F3N2O3/c18-17(19,20)11-6-4-9(5-7-11)15-13(14(16(21)24)22-25-15)10-2-1-3-12(23)8-10/h4-7,10,12,23H,1-3,8H2,(H2,21,24)/t10-,12-/m0/s1. The van der Waals surface area contributed by atoms with Gasteiger partial charge in [-0.3, -0.25) is 4.79 Å². The van der Waals surface area contributed by atoms with Crippen molar-refractivity contribution in [2.45, 2.75) is 43.9 Å². The van der Waals surface area contributed by atoms with Crippen molar-refractivity contribution in [3.8, 4) is 11.3 Å². The molecule has 3 rings (SSSR count). The molecule has 1 heterocycles. The molecule has 134 valence electrons. The first-order valence-corrected chi connectivity index (χ1v) is 7.92. The Bertz CT molecular complexity index is 768. The first-order chi connectivity index (χ1) is 11.8. The maximum Gasteiger partial charge on any atom is 0.416 e. The minimum Gasteiger partial charge on any atom is -0.393 e. The molecule has 2 atom stereocenters. The molecule has 2 aromatic rings. The first-order valence-electron chi connectivity index (χ1n) is 7.92. The molecule has 5 nitrogen and oxygen atoms in total. The maximum absolute atomic E-state index is 12.7. The van der Waals surface area contributed by atoms with Crippen molar-refractivity contribution in [1.82, 2.24) is 5.16 Å². The normalized spacial score (nSPS) is 21.3. The smallest absolute Gasteiger partial charge is 0.393 e. The third-order valence-corrected chi connectivity index (χ3v) is 4.49.